The normalized spacial score (nSPS) is 13.6. The molecule has 1 unspecified atom stereocenters. The smallest absolute Gasteiger partial charge is 0.224 e. The minimum Gasteiger partial charge on any atom is -0.366 e. The van der Waals surface area contributed by atoms with E-state index in [1.807, 2.05) is 24.3 Å². The van der Waals surface area contributed by atoms with Crippen molar-refractivity contribution in [3.05, 3.63) is 29.5 Å². The molecule has 0 aliphatic carbocycles. The molecule has 0 spiro atoms. The van der Waals surface area contributed by atoms with Gasteiger partial charge in [0.25, 0.3) is 0 Å². The van der Waals surface area contributed by atoms with Gasteiger partial charge in [0.2, 0.25) is 5.28 Å². The van der Waals surface area contributed by atoms with Crippen molar-refractivity contribution in [3.8, 4) is 0 Å². The average Bonchev–Trinajstić information content (AvgIpc) is 2.27. The summed E-state index contributed by atoms with van der Waals surface area (Å²) < 4.78 is 0. The van der Waals surface area contributed by atoms with Crippen molar-refractivity contribution in [2.75, 3.05) is 5.32 Å². The van der Waals surface area contributed by atoms with Gasteiger partial charge in [0, 0.05) is 11.4 Å². The predicted molar refractivity (Wildman–Crippen MR) is 77.1 cm³/mol. The van der Waals surface area contributed by atoms with E-state index >= 15 is 0 Å². The zero-order valence-electron chi connectivity index (χ0n) is 11.2. The Balaban J connectivity index is 2.44. The van der Waals surface area contributed by atoms with Gasteiger partial charge in [-0.3, -0.25) is 0 Å². The third-order valence-electron chi connectivity index (χ3n) is 3.23. The van der Waals surface area contributed by atoms with E-state index in [2.05, 4.69) is 43.0 Å². The van der Waals surface area contributed by atoms with E-state index in [9.17, 15) is 0 Å². The maximum atomic E-state index is 5.96. The van der Waals surface area contributed by atoms with Gasteiger partial charge in [-0.15, -0.1) is 0 Å². The Morgan fingerprint density at radius 3 is 2.50 bits per heavy atom. The molecule has 1 N–H and O–H groups in total. The van der Waals surface area contributed by atoms with Gasteiger partial charge in [0.05, 0.1) is 5.52 Å². The summed E-state index contributed by atoms with van der Waals surface area (Å²) in [7, 11) is 0. The second-order valence-corrected chi connectivity index (χ2v) is 5.93. The Morgan fingerprint density at radius 1 is 1.17 bits per heavy atom. The first-order valence-electron chi connectivity index (χ1n) is 6.07. The average molecular weight is 264 g/mol. The molecule has 1 aromatic heterocycles. The first kappa shape index (κ1) is 13.1. The zero-order chi connectivity index (χ0) is 13.3. The van der Waals surface area contributed by atoms with E-state index in [4.69, 9.17) is 11.6 Å². The van der Waals surface area contributed by atoms with Crippen LogP contribution in [0, 0.1) is 5.41 Å². The number of hydrogen-bond donors (Lipinski definition) is 1. The Hall–Kier alpha value is -1.35. The third-order valence-corrected chi connectivity index (χ3v) is 3.40. The Bertz CT molecular complexity index is 560. The Labute approximate surface area is 113 Å². The van der Waals surface area contributed by atoms with Crippen LogP contribution in [0.25, 0.3) is 10.9 Å². The van der Waals surface area contributed by atoms with E-state index in [1.54, 1.807) is 0 Å². The van der Waals surface area contributed by atoms with Crippen molar-refractivity contribution in [2.45, 2.75) is 33.7 Å². The molecular weight excluding hydrogens is 246 g/mol. The van der Waals surface area contributed by atoms with Crippen LogP contribution in [0.4, 0.5) is 5.82 Å². The molecule has 0 aliphatic heterocycles. The second kappa shape index (κ2) is 4.73. The maximum absolute atomic E-state index is 5.96. The number of fused-ring (bicyclic) bond motifs is 1. The predicted octanol–water partition coefficient (Wildman–Crippen LogP) is 4.13. The van der Waals surface area contributed by atoms with Crippen molar-refractivity contribution in [2.24, 2.45) is 5.41 Å². The summed E-state index contributed by atoms with van der Waals surface area (Å²) in [4.78, 5) is 8.52. The number of hydrogen-bond acceptors (Lipinski definition) is 3. The third kappa shape index (κ3) is 2.72. The van der Waals surface area contributed by atoms with Gasteiger partial charge in [0.1, 0.15) is 5.82 Å². The fraction of sp³-hybridized carbons (Fsp3) is 0.429. The summed E-state index contributed by atoms with van der Waals surface area (Å²) in [5.41, 5.74) is 1.01. The largest absolute Gasteiger partial charge is 0.366 e. The van der Waals surface area contributed by atoms with Crippen molar-refractivity contribution in [3.63, 3.8) is 0 Å². The lowest BCUT2D eigenvalue weighted by Crippen LogP contribution is -2.31. The highest BCUT2D eigenvalue weighted by Gasteiger charge is 2.21. The van der Waals surface area contributed by atoms with Gasteiger partial charge in [-0.25, -0.2) is 9.97 Å². The number of anilines is 1. The van der Waals surface area contributed by atoms with Crippen LogP contribution >= 0.6 is 11.6 Å². The van der Waals surface area contributed by atoms with E-state index < -0.39 is 0 Å². The van der Waals surface area contributed by atoms with E-state index in [0.29, 0.717) is 0 Å². The number of nitrogens with zero attached hydrogens (tertiary/aromatic N) is 2. The first-order valence-corrected chi connectivity index (χ1v) is 6.44. The molecule has 0 radical (unpaired) electrons. The van der Waals surface area contributed by atoms with Crippen molar-refractivity contribution < 1.29 is 0 Å². The highest BCUT2D eigenvalue weighted by molar-refractivity contribution is 6.28. The number of rotatable bonds is 2. The molecule has 1 aromatic carbocycles. The quantitative estimate of drug-likeness (QED) is 0.828. The monoisotopic (exact) mass is 263 g/mol. The summed E-state index contributed by atoms with van der Waals surface area (Å²) in [5.74, 6) is 0.799. The van der Waals surface area contributed by atoms with Gasteiger partial charge < -0.3 is 5.32 Å². The molecule has 18 heavy (non-hydrogen) atoms. The van der Waals surface area contributed by atoms with Gasteiger partial charge >= 0.3 is 0 Å². The lowest BCUT2D eigenvalue weighted by atomic mass is 9.88. The van der Waals surface area contributed by atoms with Crippen LogP contribution in [-0.2, 0) is 0 Å². The van der Waals surface area contributed by atoms with Gasteiger partial charge in [-0.2, -0.15) is 0 Å². The van der Waals surface area contributed by atoms with Crippen LogP contribution in [0.2, 0.25) is 5.28 Å². The molecule has 4 heteroatoms. The summed E-state index contributed by atoms with van der Waals surface area (Å²) >= 11 is 5.96. The van der Waals surface area contributed by atoms with Crippen LogP contribution in [0.1, 0.15) is 27.7 Å². The van der Waals surface area contributed by atoms with E-state index in [0.717, 1.165) is 16.7 Å². The van der Waals surface area contributed by atoms with Crippen LogP contribution in [-0.4, -0.2) is 16.0 Å². The van der Waals surface area contributed by atoms with Crippen molar-refractivity contribution in [1.82, 2.24) is 9.97 Å². The fourth-order valence-corrected chi connectivity index (χ4v) is 1.76. The van der Waals surface area contributed by atoms with Gasteiger partial charge in [-0.1, -0.05) is 32.9 Å². The van der Waals surface area contributed by atoms with Crippen molar-refractivity contribution in [1.29, 1.82) is 0 Å². The van der Waals surface area contributed by atoms with E-state index in [1.165, 1.54) is 0 Å². The molecule has 2 rings (SSSR count). The number of halogens is 1. The number of para-hydroxylation sites is 1. The first-order chi connectivity index (χ1) is 8.38. The second-order valence-electron chi connectivity index (χ2n) is 5.59. The molecule has 0 aliphatic rings. The van der Waals surface area contributed by atoms with E-state index in [-0.39, 0.29) is 16.7 Å². The molecule has 2 aromatic rings. The molecule has 0 fully saturated rings. The topological polar surface area (TPSA) is 37.8 Å². The molecule has 1 atom stereocenters. The lowest BCUT2D eigenvalue weighted by molar-refractivity contribution is 0.359. The lowest BCUT2D eigenvalue weighted by Gasteiger charge is -2.28. The molecule has 3 nitrogen and oxygen atoms in total. The highest BCUT2D eigenvalue weighted by atomic mass is 35.5. The standard InChI is InChI=1S/C14H18ClN3/c1-9(14(2,3)4)16-12-10-7-5-6-8-11(10)17-13(15)18-12/h5-9H,1-4H3,(H,16,17,18). The minimum atomic E-state index is 0.151. The summed E-state index contributed by atoms with van der Waals surface area (Å²) in [6.45, 7) is 8.71. The fourth-order valence-electron chi connectivity index (χ4n) is 1.58. The number of nitrogens with one attached hydrogen (secondary N) is 1. The zero-order valence-corrected chi connectivity index (χ0v) is 11.9. The molecular formula is C14H18ClN3. The Morgan fingerprint density at radius 2 is 1.83 bits per heavy atom. The molecule has 0 bridgehead atoms. The van der Waals surface area contributed by atoms with Gasteiger partial charge in [-0.05, 0) is 36.1 Å². The van der Waals surface area contributed by atoms with Crippen LogP contribution in [0.15, 0.2) is 24.3 Å². The number of aromatic nitrogens is 2. The summed E-state index contributed by atoms with van der Waals surface area (Å²) in [6.07, 6.45) is 0. The van der Waals surface area contributed by atoms with Crippen LogP contribution in [0.5, 0.6) is 0 Å². The summed E-state index contributed by atoms with van der Waals surface area (Å²) in [5, 5.41) is 4.70. The van der Waals surface area contributed by atoms with Gasteiger partial charge in [0.15, 0.2) is 0 Å². The molecule has 0 amide bonds. The molecule has 1 heterocycles. The SMILES string of the molecule is CC(Nc1nc(Cl)nc2ccccc12)C(C)(C)C. The number of benzene rings is 1. The van der Waals surface area contributed by atoms with Crippen molar-refractivity contribution >= 4 is 28.3 Å². The molecule has 0 saturated heterocycles. The highest BCUT2D eigenvalue weighted by Crippen LogP contribution is 2.26. The van der Waals surface area contributed by atoms with Crippen LogP contribution < -0.4 is 5.32 Å². The minimum absolute atomic E-state index is 0.151. The molecule has 96 valence electrons. The Kier molecular flexibility index (Phi) is 3.44. The van der Waals surface area contributed by atoms with Crippen LogP contribution in [0.3, 0.4) is 0 Å². The maximum Gasteiger partial charge on any atom is 0.224 e. The summed E-state index contributed by atoms with van der Waals surface area (Å²) in [6, 6.07) is 8.15. The molecule has 0 saturated carbocycles.